The van der Waals surface area contributed by atoms with Crippen molar-refractivity contribution in [3.63, 3.8) is 0 Å². The van der Waals surface area contributed by atoms with Crippen LogP contribution in [0.15, 0.2) is 36.4 Å². The molecule has 28 heavy (non-hydrogen) atoms. The molecule has 146 valence electrons. The van der Waals surface area contributed by atoms with Crippen LogP contribution in [0.1, 0.15) is 71.5 Å². The number of aromatic carboxylic acids is 1. The van der Waals surface area contributed by atoms with Gasteiger partial charge in [0.15, 0.2) is 0 Å². The third-order valence-corrected chi connectivity index (χ3v) is 5.43. The molecule has 4 rings (SSSR count). The van der Waals surface area contributed by atoms with Gasteiger partial charge < -0.3 is 14.7 Å². The van der Waals surface area contributed by atoms with Crippen molar-refractivity contribution in [3.8, 4) is 5.75 Å². The average Bonchev–Trinajstić information content (AvgIpc) is 3.58. The number of amides is 1. The van der Waals surface area contributed by atoms with Gasteiger partial charge in [-0.05, 0) is 79.3 Å². The minimum Gasteiger partial charge on any atom is -0.492 e. The number of carboxylic acids is 1. The van der Waals surface area contributed by atoms with Gasteiger partial charge in [-0.1, -0.05) is 18.2 Å². The van der Waals surface area contributed by atoms with Crippen molar-refractivity contribution < 1.29 is 19.4 Å². The second kappa shape index (κ2) is 7.66. The Bertz CT molecular complexity index is 869. The summed E-state index contributed by atoms with van der Waals surface area (Å²) in [6, 6.07) is 11.4. The molecular weight excluding hydrogens is 354 g/mol. The van der Waals surface area contributed by atoms with E-state index in [9.17, 15) is 14.7 Å². The molecule has 1 N–H and O–H groups in total. The van der Waals surface area contributed by atoms with E-state index in [0.29, 0.717) is 36.4 Å². The van der Waals surface area contributed by atoms with Crippen molar-refractivity contribution in [1.29, 1.82) is 0 Å². The van der Waals surface area contributed by atoms with Crippen molar-refractivity contribution in [2.45, 2.75) is 51.0 Å². The lowest BCUT2D eigenvalue weighted by atomic mass is 9.99. The van der Waals surface area contributed by atoms with Gasteiger partial charge in [-0.25, -0.2) is 4.79 Å². The van der Waals surface area contributed by atoms with Crippen LogP contribution in [0.2, 0.25) is 0 Å². The number of nitrogens with zero attached hydrogens (tertiary/aromatic N) is 1. The van der Waals surface area contributed by atoms with E-state index in [1.54, 1.807) is 11.0 Å². The van der Waals surface area contributed by atoms with Crippen LogP contribution in [-0.4, -0.2) is 24.1 Å². The zero-order chi connectivity index (χ0) is 19.7. The van der Waals surface area contributed by atoms with E-state index in [4.69, 9.17) is 4.74 Å². The summed E-state index contributed by atoms with van der Waals surface area (Å²) in [7, 11) is 0. The largest absolute Gasteiger partial charge is 0.492 e. The van der Waals surface area contributed by atoms with Gasteiger partial charge in [0.2, 0.25) is 6.41 Å². The highest BCUT2D eigenvalue weighted by molar-refractivity contribution is 5.90. The van der Waals surface area contributed by atoms with Gasteiger partial charge in [0.1, 0.15) is 5.75 Å². The zero-order valence-electron chi connectivity index (χ0n) is 16.1. The van der Waals surface area contributed by atoms with Gasteiger partial charge >= 0.3 is 5.97 Å². The van der Waals surface area contributed by atoms with E-state index in [1.807, 2.05) is 6.92 Å². The predicted molar refractivity (Wildman–Crippen MR) is 107 cm³/mol. The highest BCUT2D eigenvalue weighted by atomic mass is 16.5. The van der Waals surface area contributed by atoms with E-state index in [0.717, 1.165) is 12.0 Å². The summed E-state index contributed by atoms with van der Waals surface area (Å²) in [5, 5.41) is 9.24. The number of anilines is 1. The lowest BCUT2D eigenvalue weighted by molar-refractivity contribution is -0.107. The number of carboxylic acid groups (broad SMARTS) is 1. The molecule has 2 saturated carbocycles. The fraction of sp³-hybridized carbons (Fsp3) is 0.391. The van der Waals surface area contributed by atoms with E-state index in [1.165, 1.54) is 48.9 Å². The van der Waals surface area contributed by atoms with Crippen LogP contribution >= 0.6 is 0 Å². The summed E-state index contributed by atoms with van der Waals surface area (Å²) in [6.45, 7) is 2.67. The Labute approximate surface area is 164 Å². The summed E-state index contributed by atoms with van der Waals surface area (Å²) in [4.78, 5) is 24.8. The first-order valence-electron chi connectivity index (χ1n) is 9.95. The van der Waals surface area contributed by atoms with Crippen LogP contribution in [0, 0.1) is 0 Å². The molecule has 2 aliphatic carbocycles. The minimum atomic E-state index is -1.02. The summed E-state index contributed by atoms with van der Waals surface area (Å²) in [6.07, 6.45) is 5.78. The quantitative estimate of drug-likeness (QED) is 0.641. The van der Waals surface area contributed by atoms with Crippen molar-refractivity contribution in [3.05, 3.63) is 58.7 Å². The molecule has 2 aromatic rings. The molecule has 5 nitrogen and oxygen atoms in total. The Morgan fingerprint density at radius 1 is 1.11 bits per heavy atom. The summed E-state index contributed by atoms with van der Waals surface area (Å²) in [5.74, 6) is 0.721. The Hall–Kier alpha value is -2.82. The van der Waals surface area contributed by atoms with E-state index in [-0.39, 0.29) is 5.56 Å². The first kappa shape index (κ1) is 18.5. The first-order chi connectivity index (χ1) is 13.6. The van der Waals surface area contributed by atoms with Crippen molar-refractivity contribution in [2.75, 3.05) is 11.5 Å². The topological polar surface area (TPSA) is 66.8 Å². The predicted octanol–water partition coefficient (Wildman–Crippen LogP) is 4.70. The van der Waals surface area contributed by atoms with Gasteiger partial charge in [0.25, 0.3) is 0 Å². The second-order valence-electron chi connectivity index (χ2n) is 7.71. The number of hydrogen-bond donors (Lipinski definition) is 1. The number of carbonyl (C=O) groups excluding carboxylic acids is 1. The Morgan fingerprint density at radius 2 is 1.75 bits per heavy atom. The SMILES string of the molecule is CCOc1cc(C(=O)O)ccc1N(C=O)Cc1cc(C2CC2)cc(C2CC2)c1. The molecule has 2 aromatic carbocycles. The highest BCUT2D eigenvalue weighted by Gasteiger charge is 2.28. The van der Waals surface area contributed by atoms with E-state index >= 15 is 0 Å². The third kappa shape index (κ3) is 4.03. The Morgan fingerprint density at radius 3 is 2.25 bits per heavy atom. The van der Waals surface area contributed by atoms with Crippen LogP contribution in [0.3, 0.4) is 0 Å². The van der Waals surface area contributed by atoms with Gasteiger partial charge in [0, 0.05) is 0 Å². The third-order valence-electron chi connectivity index (χ3n) is 5.43. The molecule has 2 aliphatic rings. The highest BCUT2D eigenvalue weighted by Crippen LogP contribution is 2.45. The summed E-state index contributed by atoms with van der Waals surface area (Å²) in [5.41, 5.74) is 4.62. The molecule has 0 unspecified atom stereocenters. The first-order valence-corrected chi connectivity index (χ1v) is 9.95. The second-order valence-corrected chi connectivity index (χ2v) is 7.71. The Kier molecular flexibility index (Phi) is 5.07. The zero-order valence-corrected chi connectivity index (χ0v) is 16.1. The molecular formula is C23H25NO4. The molecule has 0 spiro atoms. The molecule has 1 amide bonds. The molecule has 0 heterocycles. The standard InChI is InChI=1S/C23H25NO4/c1-2-28-22-12-18(23(26)27)7-8-21(22)24(14-25)13-15-9-19(16-3-4-16)11-20(10-15)17-5-6-17/h7-12,14,16-17H,2-6,13H2,1H3,(H,26,27). The number of carbonyl (C=O) groups is 2. The van der Waals surface area contributed by atoms with Crippen LogP contribution in [0.4, 0.5) is 5.69 Å². The van der Waals surface area contributed by atoms with E-state index < -0.39 is 5.97 Å². The van der Waals surface area contributed by atoms with Gasteiger partial charge in [-0.2, -0.15) is 0 Å². The molecule has 0 aromatic heterocycles. The maximum absolute atomic E-state index is 11.9. The van der Waals surface area contributed by atoms with Crippen LogP contribution in [0.25, 0.3) is 0 Å². The molecule has 0 bridgehead atoms. The molecule has 2 fully saturated rings. The van der Waals surface area contributed by atoms with Gasteiger partial charge in [0.05, 0.1) is 24.4 Å². The maximum atomic E-state index is 11.9. The van der Waals surface area contributed by atoms with E-state index in [2.05, 4.69) is 18.2 Å². The maximum Gasteiger partial charge on any atom is 0.335 e. The summed E-state index contributed by atoms with van der Waals surface area (Å²) >= 11 is 0. The fourth-order valence-electron chi connectivity index (χ4n) is 3.67. The van der Waals surface area contributed by atoms with Gasteiger partial charge in [-0.3, -0.25) is 4.79 Å². The monoisotopic (exact) mass is 379 g/mol. The van der Waals surface area contributed by atoms with Gasteiger partial charge in [-0.15, -0.1) is 0 Å². The minimum absolute atomic E-state index is 0.143. The molecule has 0 saturated heterocycles. The number of hydrogen-bond acceptors (Lipinski definition) is 3. The molecule has 5 heteroatoms. The summed E-state index contributed by atoms with van der Waals surface area (Å²) < 4.78 is 5.63. The van der Waals surface area contributed by atoms with Crippen molar-refractivity contribution >= 4 is 18.1 Å². The molecule has 0 aliphatic heterocycles. The molecule has 0 atom stereocenters. The Balaban J connectivity index is 1.64. The number of benzene rings is 2. The van der Waals surface area contributed by atoms with Crippen molar-refractivity contribution in [1.82, 2.24) is 0 Å². The smallest absolute Gasteiger partial charge is 0.335 e. The van der Waals surface area contributed by atoms with Crippen molar-refractivity contribution in [2.24, 2.45) is 0 Å². The number of ether oxygens (including phenoxy) is 1. The number of rotatable bonds is 9. The lowest BCUT2D eigenvalue weighted by Gasteiger charge is -2.22. The van der Waals surface area contributed by atoms with Crippen LogP contribution in [-0.2, 0) is 11.3 Å². The average molecular weight is 379 g/mol. The lowest BCUT2D eigenvalue weighted by Crippen LogP contribution is -2.21. The molecule has 0 radical (unpaired) electrons. The fourth-order valence-corrected chi connectivity index (χ4v) is 3.67. The van der Waals surface area contributed by atoms with Crippen LogP contribution in [0.5, 0.6) is 5.75 Å². The van der Waals surface area contributed by atoms with Crippen LogP contribution < -0.4 is 9.64 Å². The normalized spacial score (nSPS) is 15.9.